The Morgan fingerprint density at radius 2 is 2.00 bits per heavy atom. The fourth-order valence-electron chi connectivity index (χ4n) is 3.54. The molecule has 4 heteroatoms. The topological polar surface area (TPSA) is 53.2 Å². The smallest absolute Gasteiger partial charge is 0.244 e. The predicted molar refractivity (Wildman–Crippen MR) is 86.5 cm³/mol. The minimum Gasteiger partial charge on any atom is -0.381 e. The molecule has 1 saturated carbocycles. The zero-order chi connectivity index (χ0) is 14.7. The molecule has 2 aliphatic rings. The van der Waals surface area contributed by atoms with Crippen molar-refractivity contribution in [3.05, 3.63) is 24.3 Å². The Morgan fingerprint density at radius 1 is 1.24 bits per heavy atom. The van der Waals surface area contributed by atoms with Crippen LogP contribution in [0.25, 0.3) is 0 Å². The van der Waals surface area contributed by atoms with Crippen LogP contribution in [0, 0.1) is 5.92 Å². The Morgan fingerprint density at radius 3 is 2.81 bits per heavy atom. The third-order valence-electron chi connectivity index (χ3n) is 4.83. The van der Waals surface area contributed by atoms with Gasteiger partial charge in [0.15, 0.2) is 0 Å². The lowest BCUT2D eigenvalue weighted by molar-refractivity contribution is -0.122. The Bertz CT molecular complexity index is 503. The van der Waals surface area contributed by atoms with Crippen LogP contribution in [0.5, 0.6) is 0 Å². The molecule has 21 heavy (non-hydrogen) atoms. The van der Waals surface area contributed by atoms with E-state index < -0.39 is 0 Å². The Labute approximate surface area is 126 Å². The lowest BCUT2D eigenvalue weighted by atomic mass is 9.83. The number of anilines is 2. The van der Waals surface area contributed by atoms with Gasteiger partial charge in [0.25, 0.3) is 0 Å². The van der Waals surface area contributed by atoms with E-state index in [1.165, 1.54) is 19.3 Å². The van der Waals surface area contributed by atoms with Crippen LogP contribution in [0.1, 0.15) is 39.0 Å². The predicted octanol–water partition coefficient (Wildman–Crippen LogP) is 2.98. The summed E-state index contributed by atoms with van der Waals surface area (Å²) in [5.41, 5.74) is 2.09. The van der Waals surface area contributed by atoms with E-state index in [0.717, 1.165) is 24.2 Å². The van der Waals surface area contributed by atoms with Crippen molar-refractivity contribution in [2.45, 2.75) is 51.1 Å². The lowest BCUT2D eigenvalue weighted by Gasteiger charge is -2.34. The van der Waals surface area contributed by atoms with Crippen LogP contribution in [-0.4, -0.2) is 24.5 Å². The van der Waals surface area contributed by atoms with Gasteiger partial charge in [-0.2, -0.15) is 0 Å². The quantitative estimate of drug-likeness (QED) is 0.801. The van der Waals surface area contributed by atoms with Crippen LogP contribution in [0.15, 0.2) is 24.3 Å². The molecular formula is C17H25N3O. The first-order valence-electron chi connectivity index (χ1n) is 8.17. The number of carbonyl (C=O) groups excluding carboxylic acids is 1. The van der Waals surface area contributed by atoms with E-state index in [0.29, 0.717) is 18.5 Å². The van der Waals surface area contributed by atoms with Crippen molar-refractivity contribution >= 4 is 17.3 Å². The average molecular weight is 287 g/mol. The average Bonchev–Trinajstić information content (AvgIpc) is 2.55. The molecule has 1 aliphatic carbocycles. The Hall–Kier alpha value is -1.71. The van der Waals surface area contributed by atoms with Gasteiger partial charge in [0.1, 0.15) is 6.04 Å². The van der Waals surface area contributed by atoms with Gasteiger partial charge in [0.2, 0.25) is 5.91 Å². The highest BCUT2D eigenvalue weighted by Gasteiger charge is 2.29. The highest BCUT2D eigenvalue weighted by Crippen LogP contribution is 2.28. The van der Waals surface area contributed by atoms with Crippen molar-refractivity contribution in [3.8, 4) is 0 Å². The third-order valence-corrected chi connectivity index (χ3v) is 4.83. The number of benzene rings is 1. The van der Waals surface area contributed by atoms with E-state index in [1.54, 1.807) is 0 Å². The van der Waals surface area contributed by atoms with Crippen LogP contribution in [-0.2, 0) is 4.79 Å². The zero-order valence-electron chi connectivity index (χ0n) is 12.7. The number of amides is 1. The van der Waals surface area contributed by atoms with E-state index in [1.807, 2.05) is 24.3 Å². The van der Waals surface area contributed by atoms with Gasteiger partial charge in [-0.05, 0) is 30.9 Å². The standard InChI is InChI=1S/C17H25N3O/c1-2-12-7-3-4-8-13(12)20-17(21)16-11-18-14-9-5-6-10-15(14)19-16/h5-6,9-10,12-13,16,18-19H,2-4,7-8,11H2,1H3,(H,20,21). The number of fused-ring (bicyclic) bond motifs is 1. The highest BCUT2D eigenvalue weighted by molar-refractivity contribution is 5.88. The van der Waals surface area contributed by atoms with Crippen molar-refractivity contribution < 1.29 is 4.79 Å². The largest absolute Gasteiger partial charge is 0.381 e. The number of hydrogen-bond acceptors (Lipinski definition) is 3. The zero-order valence-corrected chi connectivity index (χ0v) is 12.7. The van der Waals surface area contributed by atoms with E-state index in [2.05, 4.69) is 22.9 Å². The van der Waals surface area contributed by atoms with Crippen LogP contribution < -0.4 is 16.0 Å². The fraction of sp³-hybridized carbons (Fsp3) is 0.588. The first-order chi connectivity index (χ1) is 10.3. The molecular weight excluding hydrogens is 262 g/mol. The fourth-order valence-corrected chi connectivity index (χ4v) is 3.54. The molecule has 1 aromatic rings. The number of hydrogen-bond donors (Lipinski definition) is 3. The molecule has 0 spiro atoms. The second-order valence-electron chi connectivity index (χ2n) is 6.19. The first kappa shape index (κ1) is 14.2. The Balaban J connectivity index is 1.61. The maximum atomic E-state index is 12.5. The summed E-state index contributed by atoms with van der Waals surface area (Å²) >= 11 is 0. The molecule has 3 atom stereocenters. The van der Waals surface area contributed by atoms with Crippen LogP contribution >= 0.6 is 0 Å². The number of para-hydroxylation sites is 2. The summed E-state index contributed by atoms with van der Waals surface area (Å²) in [6.45, 7) is 2.87. The van der Waals surface area contributed by atoms with E-state index >= 15 is 0 Å². The van der Waals surface area contributed by atoms with E-state index in [4.69, 9.17) is 0 Å². The molecule has 0 aromatic heterocycles. The molecule has 114 valence electrons. The monoisotopic (exact) mass is 287 g/mol. The summed E-state index contributed by atoms with van der Waals surface area (Å²) in [7, 11) is 0. The molecule has 1 aromatic carbocycles. The molecule has 3 rings (SSSR count). The summed E-state index contributed by atoms with van der Waals surface area (Å²) in [5, 5.41) is 9.96. The van der Waals surface area contributed by atoms with Gasteiger partial charge in [0, 0.05) is 12.6 Å². The molecule has 1 fully saturated rings. The summed E-state index contributed by atoms with van der Waals surface area (Å²) in [6.07, 6.45) is 6.08. The molecule has 3 N–H and O–H groups in total. The van der Waals surface area contributed by atoms with Gasteiger partial charge in [-0.3, -0.25) is 4.79 Å². The van der Waals surface area contributed by atoms with Gasteiger partial charge < -0.3 is 16.0 Å². The van der Waals surface area contributed by atoms with Crippen molar-refractivity contribution in [2.75, 3.05) is 17.2 Å². The molecule has 0 radical (unpaired) electrons. The van der Waals surface area contributed by atoms with Gasteiger partial charge >= 0.3 is 0 Å². The SMILES string of the molecule is CCC1CCCCC1NC(=O)C1CNc2ccccc2N1. The highest BCUT2D eigenvalue weighted by atomic mass is 16.2. The lowest BCUT2D eigenvalue weighted by Crippen LogP contribution is -2.51. The van der Waals surface area contributed by atoms with Crippen LogP contribution in [0.4, 0.5) is 11.4 Å². The second kappa shape index (κ2) is 6.37. The molecule has 1 heterocycles. The first-order valence-corrected chi connectivity index (χ1v) is 8.17. The maximum absolute atomic E-state index is 12.5. The minimum atomic E-state index is -0.181. The number of rotatable bonds is 3. The summed E-state index contributed by atoms with van der Waals surface area (Å²) in [4.78, 5) is 12.5. The molecule has 1 amide bonds. The third kappa shape index (κ3) is 3.14. The normalized spacial score (nSPS) is 28.0. The van der Waals surface area contributed by atoms with E-state index in [-0.39, 0.29) is 11.9 Å². The number of carbonyl (C=O) groups is 1. The van der Waals surface area contributed by atoms with Crippen molar-refractivity contribution in [3.63, 3.8) is 0 Å². The minimum absolute atomic E-state index is 0.127. The van der Waals surface area contributed by atoms with E-state index in [9.17, 15) is 4.79 Å². The second-order valence-corrected chi connectivity index (χ2v) is 6.19. The summed E-state index contributed by atoms with van der Waals surface area (Å²) < 4.78 is 0. The van der Waals surface area contributed by atoms with Crippen molar-refractivity contribution in [2.24, 2.45) is 5.92 Å². The molecule has 0 bridgehead atoms. The van der Waals surface area contributed by atoms with Crippen LogP contribution in [0.2, 0.25) is 0 Å². The Kier molecular flexibility index (Phi) is 4.32. The maximum Gasteiger partial charge on any atom is 0.244 e. The molecule has 3 unspecified atom stereocenters. The van der Waals surface area contributed by atoms with Gasteiger partial charge in [-0.1, -0.05) is 38.3 Å². The van der Waals surface area contributed by atoms with Crippen LogP contribution in [0.3, 0.4) is 0 Å². The van der Waals surface area contributed by atoms with Gasteiger partial charge in [-0.15, -0.1) is 0 Å². The molecule has 0 saturated heterocycles. The van der Waals surface area contributed by atoms with Gasteiger partial charge in [-0.25, -0.2) is 0 Å². The van der Waals surface area contributed by atoms with Gasteiger partial charge in [0.05, 0.1) is 11.4 Å². The summed E-state index contributed by atoms with van der Waals surface area (Å²) in [6, 6.07) is 8.21. The molecule has 1 aliphatic heterocycles. The van der Waals surface area contributed by atoms with Crippen molar-refractivity contribution in [1.29, 1.82) is 0 Å². The summed E-state index contributed by atoms with van der Waals surface area (Å²) in [5.74, 6) is 0.772. The number of nitrogens with one attached hydrogen (secondary N) is 3. The molecule has 4 nitrogen and oxygen atoms in total. The van der Waals surface area contributed by atoms with Crippen molar-refractivity contribution in [1.82, 2.24) is 5.32 Å².